The molecule has 4 nitrogen and oxygen atoms in total. The summed E-state index contributed by atoms with van der Waals surface area (Å²) in [5, 5.41) is 0.772. The van der Waals surface area contributed by atoms with Gasteiger partial charge in [-0.2, -0.15) is 0 Å². The molecule has 6 heteroatoms. The van der Waals surface area contributed by atoms with E-state index >= 15 is 0 Å². The number of benzene rings is 1. The van der Waals surface area contributed by atoms with Crippen LogP contribution in [0.1, 0.15) is 45.0 Å². The van der Waals surface area contributed by atoms with Gasteiger partial charge in [0.2, 0.25) is 0 Å². The monoisotopic (exact) mass is 424 g/mol. The number of aryl methyl sites for hydroxylation is 2. The van der Waals surface area contributed by atoms with Crippen molar-refractivity contribution in [2.45, 2.75) is 32.6 Å². The standard InChI is InChI=1S/C22H23ClN2O2.Ca.2H/c1-2-27-22(26)25-12-9-15(10-13-25)20-19-8-7-18(23)14-17(19)6-5-16-4-3-11-24-21(16)20;;;/h3-4,7-8,11,14H,2,5-6,9-10,12-13H2,1H3;;;/q;+2;2*-1. The summed E-state index contributed by atoms with van der Waals surface area (Å²) in [6.45, 7) is 3.62. The summed E-state index contributed by atoms with van der Waals surface area (Å²) in [7, 11) is 0. The van der Waals surface area contributed by atoms with E-state index in [2.05, 4.69) is 18.2 Å². The summed E-state index contributed by atoms with van der Waals surface area (Å²) in [6.07, 6.45) is 5.25. The zero-order valence-corrected chi connectivity index (χ0v) is 19.2. The van der Waals surface area contributed by atoms with E-state index < -0.39 is 0 Å². The van der Waals surface area contributed by atoms with E-state index in [4.69, 9.17) is 21.3 Å². The molecule has 0 bridgehead atoms. The second-order valence-corrected chi connectivity index (χ2v) is 7.41. The van der Waals surface area contributed by atoms with Crippen LogP contribution in [-0.2, 0) is 17.6 Å². The van der Waals surface area contributed by atoms with E-state index in [1.54, 1.807) is 4.90 Å². The van der Waals surface area contributed by atoms with Crippen LogP contribution < -0.4 is 0 Å². The summed E-state index contributed by atoms with van der Waals surface area (Å²) in [5.41, 5.74) is 7.46. The number of carbonyl (C=O) groups excluding carboxylic acids is 1. The molecule has 2 aliphatic rings. The van der Waals surface area contributed by atoms with E-state index in [0.717, 1.165) is 36.4 Å². The maximum atomic E-state index is 12.0. The van der Waals surface area contributed by atoms with Crippen LogP contribution in [0.2, 0.25) is 5.02 Å². The minimum Gasteiger partial charge on any atom is -1.00 e. The number of carbonyl (C=O) groups is 1. The zero-order valence-electron chi connectivity index (χ0n) is 18.2. The summed E-state index contributed by atoms with van der Waals surface area (Å²) in [4.78, 5) is 18.6. The first-order chi connectivity index (χ1) is 13.2. The molecule has 1 aliphatic carbocycles. The van der Waals surface area contributed by atoms with Gasteiger partial charge in [0.1, 0.15) is 0 Å². The number of likely N-dealkylation sites (tertiary alicyclic amines) is 1. The Morgan fingerprint density at radius 3 is 2.68 bits per heavy atom. The topological polar surface area (TPSA) is 42.4 Å². The SMILES string of the molecule is CCOC(=O)N1CCC(=C2c3ccc(Cl)cc3CCc3cccnc32)CC1.[Ca+2].[H-].[H-]. The van der Waals surface area contributed by atoms with Crippen molar-refractivity contribution < 1.29 is 12.4 Å². The van der Waals surface area contributed by atoms with Crippen molar-refractivity contribution in [3.05, 3.63) is 69.5 Å². The summed E-state index contributed by atoms with van der Waals surface area (Å²) in [5.74, 6) is 0. The first-order valence-electron chi connectivity index (χ1n) is 9.54. The third-order valence-corrected chi connectivity index (χ3v) is 5.61. The van der Waals surface area contributed by atoms with E-state index in [0.29, 0.717) is 19.7 Å². The molecule has 1 aromatic heterocycles. The quantitative estimate of drug-likeness (QED) is 0.621. The number of hydrogen-bond donors (Lipinski definition) is 0. The van der Waals surface area contributed by atoms with Crippen LogP contribution in [0.4, 0.5) is 4.79 Å². The second kappa shape index (κ2) is 9.62. The third kappa shape index (κ3) is 4.40. The van der Waals surface area contributed by atoms with Gasteiger partial charge >= 0.3 is 43.8 Å². The summed E-state index contributed by atoms with van der Waals surface area (Å²) in [6, 6.07) is 10.3. The number of hydrogen-bond acceptors (Lipinski definition) is 3. The molecule has 2 heterocycles. The molecule has 0 unspecified atom stereocenters. The van der Waals surface area contributed by atoms with Crippen LogP contribution in [0, 0.1) is 0 Å². The van der Waals surface area contributed by atoms with E-state index in [1.807, 2.05) is 25.3 Å². The van der Waals surface area contributed by atoms with Crippen molar-refractivity contribution in [3.63, 3.8) is 0 Å². The van der Waals surface area contributed by atoms with Crippen molar-refractivity contribution in [1.82, 2.24) is 9.88 Å². The molecular weight excluding hydrogens is 400 g/mol. The Morgan fingerprint density at radius 2 is 1.93 bits per heavy atom. The summed E-state index contributed by atoms with van der Waals surface area (Å²) >= 11 is 6.27. The Hall–Kier alpha value is -1.07. The molecule has 0 N–H and O–H groups in total. The molecule has 144 valence electrons. The van der Waals surface area contributed by atoms with Gasteiger partial charge in [-0.3, -0.25) is 4.98 Å². The molecule has 0 spiro atoms. The van der Waals surface area contributed by atoms with Crippen molar-refractivity contribution in [2.75, 3.05) is 19.7 Å². The van der Waals surface area contributed by atoms with Crippen molar-refractivity contribution in [2.24, 2.45) is 0 Å². The number of rotatable bonds is 1. The molecule has 2 aromatic rings. The maximum Gasteiger partial charge on any atom is 2.00 e. The zero-order chi connectivity index (χ0) is 18.8. The molecule has 1 aromatic carbocycles. The largest absolute Gasteiger partial charge is 2.00 e. The maximum absolute atomic E-state index is 12.0. The van der Waals surface area contributed by atoms with Crippen LogP contribution in [0.25, 0.3) is 5.57 Å². The van der Waals surface area contributed by atoms with Gasteiger partial charge in [0.15, 0.2) is 0 Å². The van der Waals surface area contributed by atoms with Crippen LogP contribution in [0.15, 0.2) is 42.1 Å². The summed E-state index contributed by atoms with van der Waals surface area (Å²) < 4.78 is 5.15. The van der Waals surface area contributed by atoms with Crippen LogP contribution >= 0.6 is 11.6 Å². The smallest absolute Gasteiger partial charge is 1.00 e. The number of halogens is 1. The van der Waals surface area contributed by atoms with Gasteiger partial charge in [0.25, 0.3) is 0 Å². The number of aromatic nitrogens is 1. The Balaban J connectivity index is 0.00000150. The first-order valence-corrected chi connectivity index (χ1v) is 9.92. The third-order valence-electron chi connectivity index (χ3n) is 5.37. The molecule has 0 saturated carbocycles. The fourth-order valence-corrected chi connectivity index (χ4v) is 4.25. The minimum absolute atomic E-state index is 0. The van der Waals surface area contributed by atoms with Gasteiger partial charge in [0, 0.05) is 29.9 Å². The van der Waals surface area contributed by atoms with Crippen LogP contribution in [0.5, 0.6) is 0 Å². The average molecular weight is 425 g/mol. The average Bonchev–Trinajstić information content (AvgIpc) is 2.85. The Labute approximate surface area is 203 Å². The number of fused-ring (bicyclic) bond motifs is 2. The number of pyridine rings is 1. The van der Waals surface area contributed by atoms with Crippen molar-refractivity contribution in [1.29, 1.82) is 0 Å². The van der Waals surface area contributed by atoms with Crippen LogP contribution in [0.3, 0.4) is 0 Å². The minimum atomic E-state index is -0.215. The van der Waals surface area contributed by atoms with Crippen molar-refractivity contribution >= 4 is 61.0 Å². The number of nitrogens with zero attached hydrogens (tertiary/aromatic N) is 2. The molecule has 1 aliphatic heterocycles. The molecule has 4 rings (SSSR count). The molecular formula is C22H25CaClN2O2. The first kappa shape index (κ1) is 21.6. The number of ether oxygens (including phenoxy) is 1. The van der Waals surface area contributed by atoms with E-state index in [9.17, 15) is 4.79 Å². The van der Waals surface area contributed by atoms with Gasteiger partial charge in [-0.25, -0.2) is 4.79 Å². The number of amides is 1. The van der Waals surface area contributed by atoms with Gasteiger partial charge in [-0.15, -0.1) is 0 Å². The van der Waals surface area contributed by atoms with E-state index in [1.165, 1.54) is 27.8 Å². The molecule has 1 amide bonds. The van der Waals surface area contributed by atoms with E-state index in [-0.39, 0.29) is 46.7 Å². The molecule has 0 atom stereocenters. The van der Waals surface area contributed by atoms with Crippen LogP contribution in [-0.4, -0.2) is 73.4 Å². The number of piperidine rings is 1. The van der Waals surface area contributed by atoms with Gasteiger partial charge in [0.05, 0.1) is 12.3 Å². The fraction of sp³-hybridized carbons (Fsp3) is 0.364. The predicted molar refractivity (Wildman–Crippen MR) is 115 cm³/mol. The predicted octanol–water partition coefficient (Wildman–Crippen LogP) is 4.73. The molecule has 1 fully saturated rings. The molecule has 0 radical (unpaired) electrons. The van der Waals surface area contributed by atoms with Gasteiger partial charge in [-0.05, 0) is 67.5 Å². The molecule has 28 heavy (non-hydrogen) atoms. The molecule has 1 saturated heterocycles. The fourth-order valence-electron chi connectivity index (χ4n) is 4.06. The van der Waals surface area contributed by atoms with Gasteiger partial charge < -0.3 is 12.5 Å². The normalized spacial score (nSPS) is 15.9. The second-order valence-electron chi connectivity index (χ2n) is 6.98. The Bertz CT molecular complexity index is 914. The Kier molecular flexibility index (Phi) is 7.43. The Morgan fingerprint density at radius 1 is 1.18 bits per heavy atom. The van der Waals surface area contributed by atoms with Gasteiger partial charge in [-0.1, -0.05) is 29.3 Å². The van der Waals surface area contributed by atoms with Crippen molar-refractivity contribution in [3.8, 4) is 0 Å².